The maximum absolute atomic E-state index is 4.59. The molecular weight excluding hydrogens is 146 g/mol. The topological polar surface area (TPSA) is 12.4 Å². The van der Waals surface area contributed by atoms with E-state index in [-0.39, 0.29) is 0 Å². The van der Waals surface area contributed by atoms with Crippen molar-refractivity contribution >= 4 is 5.71 Å². The number of rotatable bonds is 1. The van der Waals surface area contributed by atoms with E-state index in [1.54, 1.807) is 0 Å². The van der Waals surface area contributed by atoms with Crippen molar-refractivity contribution in [2.75, 3.05) is 0 Å². The van der Waals surface area contributed by atoms with E-state index in [2.05, 4.69) is 18.0 Å². The highest BCUT2D eigenvalue weighted by Crippen LogP contribution is 2.32. The van der Waals surface area contributed by atoms with Gasteiger partial charge in [-0.05, 0) is 19.8 Å². The van der Waals surface area contributed by atoms with Crippen LogP contribution in [-0.2, 0) is 0 Å². The van der Waals surface area contributed by atoms with Gasteiger partial charge < -0.3 is 0 Å². The first kappa shape index (κ1) is 8.03. The molecule has 0 aromatic heterocycles. The largest absolute Gasteiger partial charge is 0.262 e. The van der Waals surface area contributed by atoms with Gasteiger partial charge in [-0.3, -0.25) is 4.99 Å². The molecule has 1 heteroatoms. The average Bonchev–Trinajstić information content (AvgIpc) is 2.54. The van der Waals surface area contributed by atoms with Crippen molar-refractivity contribution in [2.45, 2.75) is 45.4 Å². The van der Waals surface area contributed by atoms with Gasteiger partial charge in [-0.2, -0.15) is 0 Å². The van der Waals surface area contributed by atoms with Crippen molar-refractivity contribution in [2.24, 2.45) is 10.9 Å². The first-order valence-electron chi connectivity index (χ1n) is 5.10. The van der Waals surface area contributed by atoms with Gasteiger partial charge in [0.25, 0.3) is 0 Å². The Bertz CT molecular complexity index is 219. The predicted octanol–water partition coefficient (Wildman–Crippen LogP) is 3.32. The highest BCUT2D eigenvalue weighted by Gasteiger charge is 2.19. The van der Waals surface area contributed by atoms with E-state index in [1.807, 2.05) is 0 Å². The molecule has 1 heterocycles. The standard InChI is InChI=1S/C11H17N/c1-9-7-8-11(12-9)10-5-3-2-4-6-10/h8,10H,2-7H2,1H3. The normalized spacial score (nSPS) is 25.4. The van der Waals surface area contributed by atoms with Gasteiger partial charge in [-0.1, -0.05) is 25.3 Å². The molecule has 0 N–H and O–H groups in total. The van der Waals surface area contributed by atoms with E-state index in [0.717, 1.165) is 12.3 Å². The summed E-state index contributed by atoms with van der Waals surface area (Å²) in [4.78, 5) is 4.59. The van der Waals surface area contributed by atoms with Crippen LogP contribution >= 0.6 is 0 Å². The average molecular weight is 163 g/mol. The first-order chi connectivity index (χ1) is 5.86. The van der Waals surface area contributed by atoms with Crippen LogP contribution in [0.15, 0.2) is 16.8 Å². The second kappa shape index (κ2) is 3.42. The third-order valence-electron chi connectivity index (χ3n) is 2.95. The van der Waals surface area contributed by atoms with Crippen molar-refractivity contribution in [1.29, 1.82) is 0 Å². The monoisotopic (exact) mass is 163 g/mol. The van der Waals surface area contributed by atoms with E-state index in [4.69, 9.17) is 0 Å². The second-order valence-corrected chi connectivity index (χ2v) is 4.02. The lowest BCUT2D eigenvalue weighted by Gasteiger charge is -2.20. The molecular formula is C11H17N. The molecule has 1 aliphatic heterocycles. The Morgan fingerprint density at radius 3 is 2.58 bits per heavy atom. The van der Waals surface area contributed by atoms with E-state index in [9.17, 15) is 0 Å². The Morgan fingerprint density at radius 1 is 1.25 bits per heavy atom. The van der Waals surface area contributed by atoms with Crippen LogP contribution in [0.25, 0.3) is 0 Å². The first-order valence-corrected chi connectivity index (χ1v) is 5.10. The Labute approximate surface area is 74.6 Å². The smallest absolute Gasteiger partial charge is 0.0397 e. The second-order valence-electron chi connectivity index (χ2n) is 4.02. The lowest BCUT2D eigenvalue weighted by atomic mass is 9.87. The molecule has 1 nitrogen and oxygen atoms in total. The number of hydrogen-bond acceptors (Lipinski definition) is 1. The fraction of sp³-hybridized carbons (Fsp3) is 0.727. The zero-order valence-electron chi connectivity index (χ0n) is 7.84. The molecule has 0 aromatic carbocycles. The molecule has 0 aromatic rings. The fourth-order valence-corrected chi connectivity index (χ4v) is 2.22. The summed E-state index contributed by atoms with van der Waals surface area (Å²) < 4.78 is 0. The van der Waals surface area contributed by atoms with Crippen molar-refractivity contribution in [3.8, 4) is 0 Å². The van der Waals surface area contributed by atoms with Gasteiger partial charge in [0.2, 0.25) is 0 Å². The molecule has 12 heavy (non-hydrogen) atoms. The molecule has 1 saturated carbocycles. The SMILES string of the molecule is CC1=NC(C2CCCCC2)=CC1. The molecule has 0 spiro atoms. The zero-order valence-corrected chi connectivity index (χ0v) is 7.84. The number of hydrogen-bond donors (Lipinski definition) is 0. The summed E-state index contributed by atoms with van der Waals surface area (Å²) >= 11 is 0. The van der Waals surface area contributed by atoms with Gasteiger partial charge in [0.1, 0.15) is 0 Å². The van der Waals surface area contributed by atoms with Gasteiger partial charge in [-0.25, -0.2) is 0 Å². The van der Waals surface area contributed by atoms with E-state index in [1.165, 1.54) is 43.5 Å². The maximum atomic E-state index is 4.59. The highest BCUT2D eigenvalue weighted by atomic mass is 14.8. The van der Waals surface area contributed by atoms with E-state index in [0.29, 0.717) is 0 Å². The minimum Gasteiger partial charge on any atom is -0.262 e. The summed E-state index contributed by atoms with van der Waals surface area (Å²) in [7, 11) is 0. The summed E-state index contributed by atoms with van der Waals surface area (Å²) in [5, 5.41) is 0. The molecule has 2 aliphatic rings. The zero-order chi connectivity index (χ0) is 8.39. The summed E-state index contributed by atoms with van der Waals surface area (Å²) in [6.45, 7) is 2.13. The third kappa shape index (κ3) is 1.60. The summed E-state index contributed by atoms with van der Waals surface area (Å²) in [6.07, 6.45) is 10.4. The number of nitrogens with zero attached hydrogens (tertiary/aromatic N) is 1. The van der Waals surface area contributed by atoms with Crippen LogP contribution in [0.3, 0.4) is 0 Å². The highest BCUT2D eigenvalue weighted by molar-refractivity contribution is 5.86. The van der Waals surface area contributed by atoms with Crippen LogP contribution in [0.5, 0.6) is 0 Å². The molecule has 66 valence electrons. The molecule has 0 saturated heterocycles. The number of aliphatic imine (C=N–C) groups is 1. The molecule has 1 fully saturated rings. The van der Waals surface area contributed by atoms with Crippen LogP contribution in [0.2, 0.25) is 0 Å². The Balaban J connectivity index is 1.99. The fourth-order valence-electron chi connectivity index (χ4n) is 2.22. The van der Waals surface area contributed by atoms with Crippen LogP contribution in [-0.4, -0.2) is 5.71 Å². The molecule has 0 unspecified atom stereocenters. The van der Waals surface area contributed by atoms with Crippen LogP contribution < -0.4 is 0 Å². The molecule has 0 atom stereocenters. The van der Waals surface area contributed by atoms with Crippen molar-refractivity contribution in [3.63, 3.8) is 0 Å². The third-order valence-corrected chi connectivity index (χ3v) is 2.95. The van der Waals surface area contributed by atoms with Gasteiger partial charge >= 0.3 is 0 Å². The van der Waals surface area contributed by atoms with Gasteiger partial charge in [-0.15, -0.1) is 0 Å². The van der Waals surface area contributed by atoms with Crippen LogP contribution in [0.4, 0.5) is 0 Å². The van der Waals surface area contributed by atoms with Crippen molar-refractivity contribution in [3.05, 3.63) is 11.8 Å². The molecule has 2 rings (SSSR count). The Hall–Kier alpha value is -0.590. The molecule has 0 bridgehead atoms. The molecule has 0 radical (unpaired) electrons. The van der Waals surface area contributed by atoms with Crippen molar-refractivity contribution < 1.29 is 0 Å². The van der Waals surface area contributed by atoms with Crippen molar-refractivity contribution in [1.82, 2.24) is 0 Å². The van der Waals surface area contributed by atoms with Crippen LogP contribution in [0.1, 0.15) is 45.4 Å². The lowest BCUT2D eigenvalue weighted by Crippen LogP contribution is -2.07. The van der Waals surface area contributed by atoms with Crippen LogP contribution in [0, 0.1) is 5.92 Å². The van der Waals surface area contributed by atoms with E-state index >= 15 is 0 Å². The summed E-state index contributed by atoms with van der Waals surface area (Å²) in [5.74, 6) is 0.802. The Morgan fingerprint density at radius 2 is 2.00 bits per heavy atom. The van der Waals surface area contributed by atoms with E-state index < -0.39 is 0 Å². The minimum atomic E-state index is 0.802. The number of allylic oxidation sites excluding steroid dienone is 2. The predicted molar refractivity (Wildman–Crippen MR) is 52.4 cm³/mol. The Kier molecular flexibility index (Phi) is 2.29. The summed E-state index contributed by atoms with van der Waals surface area (Å²) in [6, 6.07) is 0. The van der Waals surface area contributed by atoms with Gasteiger partial charge in [0.05, 0.1) is 0 Å². The molecule has 1 aliphatic carbocycles. The summed E-state index contributed by atoms with van der Waals surface area (Å²) in [5.41, 5.74) is 2.70. The minimum absolute atomic E-state index is 0.802. The molecule has 0 amide bonds. The lowest BCUT2D eigenvalue weighted by molar-refractivity contribution is 0.401. The van der Waals surface area contributed by atoms with Gasteiger partial charge in [0.15, 0.2) is 0 Å². The quantitative estimate of drug-likeness (QED) is 0.562. The van der Waals surface area contributed by atoms with Gasteiger partial charge in [0, 0.05) is 23.7 Å². The maximum Gasteiger partial charge on any atom is 0.0397 e.